The van der Waals surface area contributed by atoms with Crippen LogP contribution < -0.4 is 0 Å². The van der Waals surface area contributed by atoms with Crippen LogP contribution in [0, 0.1) is 5.92 Å². The number of hydrogen-bond donors (Lipinski definition) is 0. The second-order valence-electron chi connectivity index (χ2n) is 4.80. The van der Waals surface area contributed by atoms with Gasteiger partial charge in [0.25, 0.3) is 0 Å². The van der Waals surface area contributed by atoms with E-state index in [1.165, 1.54) is 22.3 Å². The van der Waals surface area contributed by atoms with Gasteiger partial charge in [0.15, 0.2) is 0 Å². The first-order valence-corrected chi connectivity index (χ1v) is 6.61. The third-order valence-corrected chi connectivity index (χ3v) is 3.42. The SMILES string of the molecule is C=CC1CC1=C=C(c1ccccc1)c1ccccc1. The maximum Gasteiger partial charge on any atom is 0.0309 e. The van der Waals surface area contributed by atoms with E-state index < -0.39 is 0 Å². The predicted octanol–water partition coefficient (Wildman–Crippen LogP) is 4.85. The molecule has 0 N–H and O–H groups in total. The molecule has 0 amide bonds. The zero-order valence-corrected chi connectivity index (χ0v) is 10.8. The molecule has 1 fully saturated rings. The lowest BCUT2D eigenvalue weighted by Crippen LogP contribution is -1.85. The van der Waals surface area contributed by atoms with Gasteiger partial charge in [-0.25, -0.2) is 0 Å². The summed E-state index contributed by atoms with van der Waals surface area (Å²) >= 11 is 0. The number of benzene rings is 2. The standard InChI is InChI=1S/C19H16/c1-2-15-13-18(15)14-19(16-9-5-3-6-10-16)17-11-7-4-8-12-17/h2-12,15H,1,13H2. The van der Waals surface area contributed by atoms with E-state index in [0.29, 0.717) is 5.92 Å². The Morgan fingerprint density at radius 3 is 1.89 bits per heavy atom. The Morgan fingerprint density at radius 1 is 0.947 bits per heavy atom. The van der Waals surface area contributed by atoms with Crippen LogP contribution in [-0.4, -0.2) is 0 Å². The summed E-state index contributed by atoms with van der Waals surface area (Å²) < 4.78 is 0. The number of hydrogen-bond acceptors (Lipinski definition) is 0. The maximum atomic E-state index is 3.86. The topological polar surface area (TPSA) is 0 Å². The van der Waals surface area contributed by atoms with E-state index in [1.807, 2.05) is 18.2 Å². The molecule has 0 heteroatoms. The molecule has 1 saturated carbocycles. The molecule has 2 aromatic rings. The van der Waals surface area contributed by atoms with Crippen LogP contribution in [0.1, 0.15) is 17.5 Å². The Balaban J connectivity index is 2.13. The second kappa shape index (κ2) is 5.14. The smallest absolute Gasteiger partial charge is 0.0309 e. The molecule has 92 valence electrons. The highest BCUT2D eigenvalue weighted by Crippen LogP contribution is 2.39. The van der Waals surface area contributed by atoms with E-state index >= 15 is 0 Å². The van der Waals surface area contributed by atoms with Gasteiger partial charge in [-0.05, 0) is 23.1 Å². The van der Waals surface area contributed by atoms with Crippen LogP contribution >= 0.6 is 0 Å². The Labute approximate surface area is 114 Å². The van der Waals surface area contributed by atoms with Gasteiger partial charge in [0.05, 0.1) is 0 Å². The van der Waals surface area contributed by atoms with Gasteiger partial charge >= 0.3 is 0 Å². The first-order chi connectivity index (χ1) is 9.38. The Bertz CT molecular complexity index is 599. The summed E-state index contributed by atoms with van der Waals surface area (Å²) in [4.78, 5) is 0. The van der Waals surface area contributed by atoms with Gasteiger partial charge in [-0.15, -0.1) is 12.3 Å². The molecule has 0 radical (unpaired) electrons. The summed E-state index contributed by atoms with van der Waals surface area (Å²) in [5.74, 6) is 0.530. The number of allylic oxidation sites excluding steroid dienone is 2. The summed E-state index contributed by atoms with van der Waals surface area (Å²) in [6.45, 7) is 3.86. The number of rotatable bonds is 3. The summed E-state index contributed by atoms with van der Waals surface area (Å²) in [6, 6.07) is 20.9. The van der Waals surface area contributed by atoms with Crippen LogP contribution in [0.2, 0.25) is 0 Å². The van der Waals surface area contributed by atoms with Gasteiger partial charge in [-0.3, -0.25) is 0 Å². The molecule has 0 nitrogen and oxygen atoms in total. The van der Waals surface area contributed by atoms with Gasteiger partial charge in [-0.1, -0.05) is 66.7 Å². The second-order valence-corrected chi connectivity index (χ2v) is 4.80. The predicted molar refractivity (Wildman–Crippen MR) is 80.7 cm³/mol. The van der Waals surface area contributed by atoms with Gasteiger partial charge in [-0.2, -0.15) is 0 Å². The average Bonchev–Trinajstić information content (AvgIpc) is 3.25. The van der Waals surface area contributed by atoms with Crippen molar-refractivity contribution in [2.45, 2.75) is 6.42 Å². The summed E-state index contributed by atoms with van der Waals surface area (Å²) in [5, 5.41) is 0. The van der Waals surface area contributed by atoms with Crippen molar-refractivity contribution in [2.24, 2.45) is 5.92 Å². The first kappa shape index (κ1) is 11.8. The highest BCUT2D eigenvalue weighted by molar-refractivity contribution is 5.79. The molecule has 0 heterocycles. The monoisotopic (exact) mass is 244 g/mol. The van der Waals surface area contributed by atoms with E-state index in [1.54, 1.807) is 0 Å². The third kappa shape index (κ3) is 2.59. The Kier molecular flexibility index (Phi) is 3.18. The molecule has 0 saturated heterocycles. The van der Waals surface area contributed by atoms with E-state index in [2.05, 4.69) is 60.8 Å². The highest BCUT2D eigenvalue weighted by Gasteiger charge is 2.26. The lowest BCUT2D eigenvalue weighted by Gasteiger charge is -2.05. The van der Waals surface area contributed by atoms with Crippen LogP contribution in [0.3, 0.4) is 0 Å². The molecule has 3 rings (SSSR count). The van der Waals surface area contributed by atoms with Crippen molar-refractivity contribution in [1.82, 2.24) is 0 Å². The van der Waals surface area contributed by atoms with Gasteiger partial charge in [0.1, 0.15) is 0 Å². The summed E-state index contributed by atoms with van der Waals surface area (Å²) in [7, 11) is 0. The summed E-state index contributed by atoms with van der Waals surface area (Å²) in [5.41, 5.74) is 8.56. The summed E-state index contributed by atoms with van der Waals surface area (Å²) in [6.07, 6.45) is 3.11. The molecule has 1 aliphatic carbocycles. The minimum Gasteiger partial charge on any atom is -0.112 e. The fourth-order valence-corrected chi connectivity index (χ4v) is 2.23. The molecule has 1 unspecified atom stereocenters. The minimum absolute atomic E-state index is 0.530. The van der Waals surface area contributed by atoms with Crippen molar-refractivity contribution in [2.75, 3.05) is 0 Å². The van der Waals surface area contributed by atoms with Crippen molar-refractivity contribution in [1.29, 1.82) is 0 Å². The molecule has 1 atom stereocenters. The Morgan fingerprint density at radius 2 is 1.47 bits per heavy atom. The van der Waals surface area contributed by atoms with Gasteiger partial charge in [0.2, 0.25) is 0 Å². The first-order valence-electron chi connectivity index (χ1n) is 6.61. The van der Waals surface area contributed by atoms with Crippen molar-refractivity contribution in [3.8, 4) is 0 Å². The van der Waals surface area contributed by atoms with E-state index in [9.17, 15) is 0 Å². The fraction of sp³-hybridized carbons (Fsp3) is 0.105. The molecular weight excluding hydrogens is 228 g/mol. The van der Waals surface area contributed by atoms with Crippen molar-refractivity contribution < 1.29 is 0 Å². The molecule has 0 aromatic heterocycles. The molecule has 0 spiro atoms. The lowest BCUT2D eigenvalue weighted by atomic mass is 9.98. The largest absolute Gasteiger partial charge is 0.112 e. The van der Waals surface area contributed by atoms with E-state index in [0.717, 1.165) is 6.42 Å². The Hall–Kier alpha value is -2.30. The lowest BCUT2D eigenvalue weighted by molar-refractivity contribution is 1.17. The molecule has 2 aromatic carbocycles. The van der Waals surface area contributed by atoms with Crippen LogP contribution in [0.25, 0.3) is 5.57 Å². The van der Waals surface area contributed by atoms with Crippen LogP contribution in [0.15, 0.2) is 84.6 Å². The average molecular weight is 244 g/mol. The zero-order chi connectivity index (χ0) is 13.1. The van der Waals surface area contributed by atoms with Gasteiger partial charge < -0.3 is 0 Å². The molecule has 19 heavy (non-hydrogen) atoms. The minimum atomic E-state index is 0.530. The quantitative estimate of drug-likeness (QED) is 0.535. The van der Waals surface area contributed by atoms with E-state index in [-0.39, 0.29) is 0 Å². The molecule has 0 bridgehead atoms. The normalized spacial score (nSPS) is 16.6. The van der Waals surface area contributed by atoms with Gasteiger partial charge in [0, 0.05) is 11.5 Å². The fourth-order valence-electron chi connectivity index (χ4n) is 2.23. The molecular formula is C19H16. The highest BCUT2D eigenvalue weighted by atomic mass is 14.3. The van der Waals surface area contributed by atoms with E-state index in [4.69, 9.17) is 0 Å². The third-order valence-electron chi connectivity index (χ3n) is 3.42. The molecule has 1 aliphatic rings. The van der Waals surface area contributed by atoms with Crippen LogP contribution in [0.4, 0.5) is 0 Å². The van der Waals surface area contributed by atoms with Crippen molar-refractivity contribution in [3.05, 3.63) is 95.7 Å². The maximum absolute atomic E-state index is 3.86. The van der Waals surface area contributed by atoms with Crippen LogP contribution in [0.5, 0.6) is 0 Å². The van der Waals surface area contributed by atoms with Crippen molar-refractivity contribution >= 4 is 5.57 Å². The molecule has 0 aliphatic heterocycles. The zero-order valence-electron chi connectivity index (χ0n) is 10.8. The van der Waals surface area contributed by atoms with Crippen molar-refractivity contribution in [3.63, 3.8) is 0 Å². The van der Waals surface area contributed by atoms with Crippen LogP contribution in [-0.2, 0) is 0 Å².